The average molecular weight is 320 g/mol. The third kappa shape index (κ3) is 4.26. The van der Waals surface area contributed by atoms with E-state index in [9.17, 15) is 9.90 Å². The highest BCUT2D eigenvalue weighted by molar-refractivity contribution is 9.11. The number of methoxy groups -OCH3 is 1. The molecule has 0 bridgehead atoms. The summed E-state index contributed by atoms with van der Waals surface area (Å²) in [6.45, 7) is 2.05. The smallest absolute Gasteiger partial charge is 0.319 e. The van der Waals surface area contributed by atoms with E-state index in [4.69, 9.17) is 0 Å². The van der Waals surface area contributed by atoms with E-state index in [0.29, 0.717) is 12.2 Å². The fraction of sp³-hybridized carbons (Fsp3) is 0.455. The molecular weight excluding hydrogens is 305 g/mol. The number of aliphatic hydroxyl groups excluding tert-OH is 1. The third-order valence-electron chi connectivity index (χ3n) is 2.32. The number of aliphatic hydroxyl groups is 1. The molecule has 2 N–H and O–H groups in total. The largest absolute Gasteiger partial charge is 0.512 e. The van der Waals surface area contributed by atoms with E-state index >= 15 is 0 Å². The number of allylic oxidation sites excluding steroid dienone is 2. The predicted molar refractivity (Wildman–Crippen MR) is 73.8 cm³/mol. The maximum Gasteiger partial charge on any atom is 0.319 e. The van der Waals surface area contributed by atoms with Crippen LogP contribution in [0.5, 0.6) is 0 Å². The molecule has 0 atom stereocenters. The summed E-state index contributed by atoms with van der Waals surface area (Å²) >= 11 is 3.43. The van der Waals surface area contributed by atoms with Crippen molar-refractivity contribution in [1.82, 2.24) is 5.32 Å². The molecule has 0 aromatic rings. The average Bonchev–Trinajstić information content (AvgIpc) is 2.33. The number of ether oxygens (including phenoxy) is 1. The molecular formula is C11H15BrNO3P. The molecule has 1 aliphatic carbocycles. The number of hydrogen-bond donors (Lipinski definition) is 2. The molecule has 0 saturated heterocycles. The zero-order chi connectivity index (χ0) is 12.8. The van der Waals surface area contributed by atoms with Crippen LogP contribution in [0.1, 0.15) is 12.8 Å². The lowest BCUT2D eigenvalue weighted by Crippen LogP contribution is -2.30. The molecule has 0 unspecified atom stereocenters. The molecule has 0 heterocycles. The molecule has 1 aliphatic rings. The van der Waals surface area contributed by atoms with Gasteiger partial charge in [0.2, 0.25) is 0 Å². The number of carbonyl (C=O) groups is 1. The number of carbonyl (C=O) groups excluding carboxylic acids is 1. The number of halogens is 1. The van der Waals surface area contributed by atoms with Gasteiger partial charge in [0.25, 0.3) is 0 Å². The maximum absolute atomic E-state index is 11.1. The monoisotopic (exact) mass is 319 g/mol. The van der Waals surface area contributed by atoms with Crippen LogP contribution in [-0.4, -0.2) is 36.8 Å². The van der Waals surface area contributed by atoms with E-state index in [2.05, 4.69) is 26.0 Å². The van der Waals surface area contributed by atoms with Crippen molar-refractivity contribution in [3.63, 3.8) is 0 Å². The van der Waals surface area contributed by atoms with Gasteiger partial charge >= 0.3 is 5.97 Å². The van der Waals surface area contributed by atoms with E-state index in [-0.39, 0.29) is 12.5 Å². The minimum absolute atomic E-state index is 0.106. The lowest BCUT2D eigenvalue weighted by molar-refractivity contribution is -0.139. The van der Waals surface area contributed by atoms with Crippen molar-refractivity contribution in [2.75, 3.05) is 20.3 Å². The van der Waals surface area contributed by atoms with E-state index in [1.54, 1.807) is 0 Å². The van der Waals surface area contributed by atoms with E-state index in [1.165, 1.54) is 7.11 Å². The minimum atomic E-state index is -0.329. The summed E-state index contributed by atoms with van der Waals surface area (Å²) in [6.07, 6.45) is 3.31. The Hall–Kier alpha value is -0.640. The van der Waals surface area contributed by atoms with Gasteiger partial charge in [0, 0.05) is 17.4 Å². The first kappa shape index (κ1) is 14.4. The highest BCUT2D eigenvalue weighted by atomic mass is 79.9. The van der Waals surface area contributed by atoms with Crippen LogP contribution in [0.4, 0.5) is 0 Å². The van der Waals surface area contributed by atoms with Crippen molar-refractivity contribution in [2.45, 2.75) is 12.8 Å². The number of nitrogens with one attached hydrogen (secondary N) is 1. The summed E-state index contributed by atoms with van der Waals surface area (Å²) in [5.74, 6) is 0.0278. The third-order valence-corrected chi connectivity index (χ3v) is 3.79. The summed E-state index contributed by atoms with van der Waals surface area (Å²) < 4.78 is 5.61. The minimum Gasteiger partial charge on any atom is -0.512 e. The standard InChI is InChI=1S/C11H15BrNO3P/c1-16-10(15)6-13-11(17-2)8-5-7(12)3-4-9(8)14/h5,13-14H,3-4,6H2,1-2H3. The summed E-state index contributed by atoms with van der Waals surface area (Å²) in [6, 6.07) is 0. The van der Waals surface area contributed by atoms with Gasteiger partial charge in [0.05, 0.1) is 13.7 Å². The molecule has 94 valence electrons. The number of rotatable bonds is 4. The van der Waals surface area contributed by atoms with Gasteiger partial charge in [-0.25, -0.2) is 0 Å². The first-order valence-electron chi connectivity index (χ1n) is 5.14. The second-order valence-electron chi connectivity index (χ2n) is 3.45. The van der Waals surface area contributed by atoms with E-state index in [1.807, 2.05) is 12.7 Å². The molecule has 0 amide bonds. The van der Waals surface area contributed by atoms with Crippen molar-refractivity contribution >= 4 is 35.5 Å². The van der Waals surface area contributed by atoms with Gasteiger partial charge in [-0.05, 0) is 23.6 Å². The van der Waals surface area contributed by atoms with E-state index in [0.717, 1.165) is 30.1 Å². The van der Waals surface area contributed by atoms with Crippen molar-refractivity contribution in [2.24, 2.45) is 0 Å². The van der Waals surface area contributed by atoms with Gasteiger partial charge in [0.15, 0.2) is 0 Å². The van der Waals surface area contributed by atoms with Gasteiger partial charge < -0.3 is 9.84 Å². The van der Waals surface area contributed by atoms with Crippen LogP contribution >= 0.6 is 24.1 Å². The Labute approximate surface area is 111 Å². The van der Waals surface area contributed by atoms with Crippen LogP contribution in [-0.2, 0) is 9.53 Å². The van der Waals surface area contributed by atoms with Gasteiger partial charge in [0.1, 0.15) is 5.76 Å². The van der Waals surface area contributed by atoms with Gasteiger partial charge in [-0.2, -0.15) is 0 Å². The Morgan fingerprint density at radius 3 is 2.94 bits per heavy atom. The summed E-state index contributed by atoms with van der Waals surface area (Å²) in [5.41, 5.74) is 1.58. The topological polar surface area (TPSA) is 58.6 Å². The molecule has 0 aromatic heterocycles. The fourth-order valence-electron chi connectivity index (χ4n) is 1.41. The lowest BCUT2D eigenvalue weighted by Gasteiger charge is -2.16. The SMILES string of the molecule is COC(=O)CN/C(=P\C)C1=C(O)CCC(Br)=C1. The van der Waals surface area contributed by atoms with Crippen molar-refractivity contribution in [1.29, 1.82) is 0 Å². The number of esters is 1. The second-order valence-corrected chi connectivity index (χ2v) is 5.37. The molecule has 0 aromatic carbocycles. The van der Waals surface area contributed by atoms with Crippen LogP contribution in [0.3, 0.4) is 0 Å². The first-order valence-corrected chi connectivity index (χ1v) is 7.28. The summed E-state index contributed by atoms with van der Waals surface area (Å²) in [4.78, 5) is 11.1. The van der Waals surface area contributed by atoms with Crippen molar-refractivity contribution < 1.29 is 14.6 Å². The predicted octanol–water partition coefficient (Wildman–Crippen LogP) is 2.34. The Morgan fingerprint density at radius 1 is 1.65 bits per heavy atom. The van der Waals surface area contributed by atoms with Crippen LogP contribution < -0.4 is 5.32 Å². The van der Waals surface area contributed by atoms with Gasteiger partial charge in [-0.3, -0.25) is 10.1 Å². The van der Waals surface area contributed by atoms with Crippen LogP contribution in [0.15, 0.2) is 21.9 Å². The Morgan fingerprint density at radius 2 is 2.35 bits per heavy atom. The molecule has 0 radical (unpaired) electrons. The van der Waals surface area contributed by atoms with Crippen LogP contribution in [0.2, 0.25) is 0 Å². The molecule has 1 rings (SSSR count). The highest BCUT2D eigenvalue weighted by Gasteiger charge is 2.15. The zero-order valence-corrected chi connectivity index (χ0v) is 12.3. The van der Waals surface area contributed by atoms with E-state index < -0.39 is 0 Å². The quantitative estimate of drug-likeness (QED) is 0.617. The lowest BCUT2D eigenvalue weighted by atomic mass is 10.1. The van der Waals surface area contributed by atoms with Gasteiger partial charge in [-0.15, -0.1) is 0 Å². The molecule has 6 heteroatoms. The van der Waals surface area contributed by atoms with Crippen molar-refractivity contribution in [3.05, 3.63) is 21.9 Å². The first-order chi connectivity index (χ1) is 8.08. The maximum atomic E-state index is 11.1. The molecule has 4 nitrogen and oxygen atoms in total. The molecule has 17 heavy (non-hydrogen) atoms. The molecule has 0 fully saturated rings. The van der Waals surface area contributed by atoms with Gasteiger partial charge in [-0.1, -0.05) is 24.1 Å². The molecule has 0 spiro atoms. The second kappa shape index (κ2) is 6.94. The Kier molecular flexibility index (Phi) is 5.89. The highest BCUT2D eigenvalue weighted by Crippen LogP contribution is 2.27. The van der Waals surface area contributed by atoms with Crippen molar-refractivity contribution in [3.8, 4) is 0 Å². The fourth-order valence-corrected chi connectivity index (χ4v) is 2.51. The molecule has 0 aliphatic heterocycles. The summed E-state index contributed by atoms with van der Waals surface area (Å²) in [5, 5.41) is 12.8. The Balaban J connectivity index is 2.78. The van der Waals surface area contributed by atoms with Crippen LogP contribution in [0.25, 0.3) is 0 Å². The normalized spacial score (nSPS) is 16.9. The zero-order valence-electron chi connectivity index (χ0n) is 9.79. The molecule has 0 saturated carbocycles. The van der Waals surface area contributed by atoms with Crippen LogP contribution in [0, 0.1) is 0 Å². The summed E-state index contributed by atoms with van der Waals surface area (Å²) in [7, 11) is 2.31. The number of hydrogen-bond acceptors (Lipinski definition) is 3. The Bertz CT molecular complexity index is 402.